The number of carbonyl (C=O) groups excluding carboxylic acids is 1. The molecular weight excluding hydrogens is 346 g/mol. The van der Waals surface area contributed by atoms with Crippen LogP contribution in [0.3, 0.4) is 0 Å². The molecule has 1 N–H and O–H groups in total. The molecule has 2 aromatic rings. The van der Waals surface area contributed by atoms with Crippen molar-refractivity contribution in [2.45, 2.75) is 0 Å². The molecule has 1 heterocycles. The highest BCUT2D eigenvalue weighted by atomic mass is 32.2. The summed E-state index contributed by atoms with van der Waals surface area (Å²) in [5, 5.41) is 10.9. The zero-order chi connectivity index (χ0) is 17.3. The molecule has 0 unspecified atom stereocenters. The number of amides is 1. The molecule has 1 aliphatic heterocycles. The third kappa shape index (κ3) is 3.27. The molecule has 1 fully saturated rings. The van der Waals surface area contributed by atoms with E-state index in [1.165, 1.54) is 0 Å². The van der Waals surface area contributed by atoms with Crippen LogP contribution in [0.1, 0.15) is 5.56 Å². The molecular formula is C17H13NO4S2. The fourth-order valence-corrected chi connectivity index (χ4v) is 3.64. The third-order valence-electron chi connectivity index (χ3n) is 3.54. The summed E-state index contributed by atoms with van der Waals surface area (Å²) in [5.41, 5.74) is 0.850. The van der Waals surface area contributed by atoms with Crippen molar-refractivity contribution in [1.29, 1.82) is 0 Å². The lowest BCUT2D eigenvalue weighted by Crippen LogP contribution is -2.33. The van der Waals surface area contributed by atoms with Crippen LogP contribution in [0.2, 0.25) is 0 Å². The molecule has 0 atom stereocenters. The number of rotatable bonds is 4. The number of fused-ring (bicyclic) bond motifs is 1. The summed E-state index contributed by atoms with van der Waals surface area (Å²) in [5.74, 6) is -0.681. The molecule has 2 aromatic carbocycles. The van der Waals surface area contributed by atoms with Crippen molar-refractivity contribution < 1.29 is 19.4 Å². The highest BCUT2D eigenvalue weighted by molar-refractivity contribution is 8.26. The van der Waals surface area contributed by atoms with Crippen molar-refractivity contribution in [2.75, 3.05) is 13.7 Å². The van der Waals surface area contributed by atoms with Crippen LogP contribution in [-0.4, -0.2) is 39.9 Å². The lowest BCUT2D eigenvalue weighted by molar-refractivity contribution is -0.140. The molecule has 5 nitrogen and oxygen atoms in total. The minimum Gasteiger partial charge on any atom is -0.497 e. The summed E-state index contributed by atoms with van der Waals surface area (Å²) in [6.45, 7) is -0.417. The first kappa shape index (κ1) is 16.5. The standard InChI is InChI=1S/C17H13NO4S2/c1-22-13-5-4-11-6-10(2-3-12(11)8-13)7-14-16(21)18(9-15(19)20)17(23)24-14/h2-8H,9H2,1H3,(H,19,20)/b14-7+. The average molecular weight is 359 g/mol. The molecule has 24 heavy (non-hydrogen) atoms. The second kappa shape index (κ2) is 6.62. The molecule has 0 bridgehead atoms. The zero-order valence-electron chi connectivity index (χ0n) is 12.7. The van der Waals surface area contributed by atoms with Gasteiger partial charge in [0, 0.05) is 0 Å². The number of methoxy groups -OCH3 is 1. The number of carbonyl (C=O) groups is 2. The van der Waals surface area contributed by atoms with Crippen molar-refractivity contribution in [3.05, 3.63) is 46.9 Å². The first-order valence-corrected chi connectivity index (χ1v) is 8.25. The molecule has 1 amide bonds. The summed E-state index contributed by atoms with van der Waals surface area (Å²) < 4.78 is 5.46. The fourth-order valence-electron chi connectivity index (χ4n) is 2.38. The number of hydrogen-bond acceptors (Lipinski definition) is 5. The molecule has 0 radical (unpaired) electrons. The van der Waals surface area contributed by atoms with Gasteiger partial charge < -0.3 is 9.84 Å². The Hall–Kier alpha value is -2.38. The van der Waals surface area contributed by atoms with Crippen molar-refractivity contribution in [1.82, 2.24) is 4.90 Å². The topological polar surface area (TPSA) is 66.8 Å². The van der Waals surface area contributed by atoms with Crippen LogP contribution in [0.15, 0.2) is 41.3 Å². The van der Waals surface area contributed by atoms with Gasteiger partial charge >= 0.3 is 5.97 Å². The molecule has 0 aromatic heterocycles. The van der Waals surface area contributed by atoms with Crippen LogP contribution < -0.4 is 4.74 Å². The largest absolute Gasteiger partial charge is 0.497 e. The Bertz CT molecular complexity index is 891. The summed E-state index contributed by atoms with van der Waals surface area (Å²) in [4.78, 5) is 24.6. The van der Waals surface area contributed by atoms with E-state index in [0.717, 1.165) is 38.7 Å². The van der Waals surface area contributed by atoms with Gasteiger partial charge in [-0.1, -0.05) is 42.2 Å². The molecule has 1 saturated heterocycles. The first-order chi connectivity index (χ1) is 11.5. The lowest BCUT2D eigenvalue weighted by Gasteiger charge is -2.10. The van der Waals surface area contributed by atoms with Gasteiger partial charge in [0.25, 0.3) is 5.91 Å². The number of thiocarbonyl (C=S) groups is 1. The van der Waals surface area contributed by atoms with Crippen molar-refractivity contribution in [2.24, 2.45) is 0 Å². The van der Waals surface area contributed by atoms with Crippen molar-refractivity contribution >= 4 is 57.0 Å². The van der Waals surface area contributed by atoms with Crippen LogP contribution in [-0.2, 0) is 9.59 Å². The normalized spacial score (nSPS) is 16.2. The number of hydrogen-bond donors (Lipinski definition) is 1. The van der Waals surface area contributed by atoms with E-state index in [-0.39, 0.29) is 10.2 Å². The highest BCUT2D eigenvalue weighted by Gasteiger charge is 2.33. The Labute approximate surface area is 147 Å². The summed E-state index contributed by atoms with van der Waals surface area (Å²) >= 11 is 6.20. The Morgan fingerprint density at radius 3 is 2.71 bits per heavy atom. The van der Waals surface area contributed by atoms with Crippen molar-refractivity contribution in [3.63, 3.8) is 0 Å². The smallest absolute Gasteiger partial charge is 0.323 e. The van der Waals surface area contributed by atoms with E-state index in [4.69, 9.17) is 22.1 Å². The predicted octanol–water partition coefficient (Wildman–Crippen LogP) is 3.13. The molecule has 7 heteroatoms. The monoisotopic (exact) mass is 359 g/mol. The van der Waals surface area contributed by atoms with Crippen LogP contribution in [0.5, 0.6) is 5.75 Å². The number of carboxylic acids is 1. The molecule has 0 spiro atoms. The minimum absolute atomic E-state index is 0.263. The van der Waals surface area contributed by atoms with E-state index >= 15 is 0 Å². The van der Waals surface area contributed by atoms with Crippen LogP contribution in [0.25, 0.3) is 16.8 Å². The maximum absolute atomic E-state index is 12.3. The number of aliphatic carboxylic acids is 1. The van der Waals surface area contributed by atoms with Crippen molar-refractivity contribution in [3.8, 4) is 5.75 Å². The van der Waals surface area contributed by atoms with Gasteiger partial charge in [-0.15, -0.1) is 0 Å². The molecule has 122 valence electrons. The van der Waals surface area contributed by atoms with Gasteiger partial charge in [0.1, 0.15) is 16.6 Å². The van der Waals surface area contributed by atoms with Gasteiger partial charge in [0.05, 0.1) is 12.0 Å². The van der Waals surface area contributed by atoms with Crippen LogP contribution in [0, 0.1) is 0 Å². The lowest BCUT2D eigenvalue weighted by atomic mass is 10.1. The number of carboxylic acid groups (broad SMARTS) is 1. The summed E-state index contributed by atoms with van der Waals surface area (Å²) in [6, 6.07) is 11.6. The second-order valence-electron chi connectivity index (χ2n) is 5.13. The highest BCUT2D eigenvalue weighted by Crippen LogP contribution is 2.33. The van der Waals surface area contributed by atoms with Crippen LogP contribution >= 0.6 is 24.0 Å². The molecule has 1 aliphatic rings. The number of thioether (sulfide) groups is 1. The van der Waals surface area contributed by atoms with Gasteiger partial charge in [0.2, 0.25) is 0 Å². The van der Waals surface area contributed by atoms with E-state index in [9.17, 15) is 9.59 Å². The fraction of sp³-hybridized carbons (Fsp3) is 0.118. The second-order valence-corrected chi connectivity index (χ2v) is 6.81. The van der Waals surface area contributed by atoms with Gasteiger partial charge in [0.15, 0.2) is 0 Å². The zero-order valence-corrected chi connectivity index (χ0v) is 14.3. The quantitative estimate of drug-likeness (QED) is 0.668. The van der Waals surface area contributed by atoms with Gasteiger partial charge in [-0.3, -0.25) is 14.5 Å². The maximum Gasteiger partial charge on any atom is 0.323 e. The Morgan fingerprint density at radius 1 is 1.29 bits per heavy atom. The minimum atomic E-state index is -1.09. The first-order valence-electron chi connectivity index (χ1n) is 7.03. The molecule has 0 aliphatic carbocycles. The van der Waals surface area contributed by atoms with Gasteiger partial charge in [-0.2, -0.15) is 0 Å². The molecule has 0 saturated carbocycles. The summed E-state index contributed by atoms with van der Waals surface area (Å²) in [6.07, 6.45) is 1.73. The molecule has 3 rings (SSSR count). The van der Waals surface area contributed by atoms with E-state index in [1.54, 1.807) is 13.2 Å². The number of benzene rings is 2. The van der Waals surface area contributed by atoms with Gasteiger partial charge in [-0.25, -0.2) is 0 Å². The van der Waals surface area contributed by atoms with E-state index < -0.39 is 12.5 Å². The number of nitrogens with zero attached hydrogens (tertiary/aromatic N) is 1. The van der Waals surface area contributed by atoms with E-state index in [0.29, 0.717) is 4.91 Å². The third-order valence-corrected chi connectivity index (χ3v) is 4.91. The maximum atomic E-state index is 12.3. The predicted molar refractivity (Wildman–Crippen MR) is 98.0 cm³/mol. The Balaban J connectivity index is 1.91. The van der Waals surface area contributed by atoms with Gasteiger partial charge in [-0.05, 0) is 40.6 Å². The summed E-state index contributed by atoms with van der Waals surface area (Å²) in [7, 11) is 1.62. The number of ether oxygens (including phenoxy) is 1. The van der Waals surface area contributed by atoms with E-state index in [2.05, 4.69) is 0 Å². The SMILES string of the molecule is COc1ccc2cc(/C=C3/SC(=S)N(CC(=O)O)C3=O)ccc2c1. The van der Waals surface area contributed by atoms with Crippen LogP contribution in [0.4, 0.5) is 0 Å². The Morgan fingerprint density at radius 2 is 2.00 bits per heavy atom. The average Bonchev–Trinajstić information content (AvgIpc) is 2.81. The Kier molecular flexibility index (Phi) is 4.55. The van der Waals surface area contributed by atoms with E-state index in [1.807, 2.05) is 36.4 Å².